The van der Waals surface area contributed by atoms with E-state index in [4.69, 9.17) is 22.7 Å². The number of nitrogen functional groups attached to an aromatic ring is 1. The fourth-order valence-corrected chi connectivity index (χ4v) is 1.81. The molecule has 0 spiro atoms. The first-order valence-corrected chi connectivity index (χ1v) is 6.25. The number of nitrogens with two attached hydrogens (primary N) is 1. The molecule has 0 aliphatic heterocycles. The SMILES string of the molecule is CCc1ccc(C(=S)NCCCOC)cc1N. The van der Waals surface area contributed by atoms with Crippen LogP contribution >= 0.6 is 12.2 Å². The second-order valence-corrected chi connectivity index (χ2v) is 4.28. The van der Waals surface area contributed by atoms with Gasteiger partial charge in [-0.05, 0) is 24.5 Å². The van der Waals surface area contributed by atoms with E-state index in [9.17, 15) is 0 Å². The molecule has 1 aromatic carbocycles. The summed E-state index contributed by atoms with van der Waals surface area (Å²) in [7, 11) is 1.70. The first-order chi connectivity index (χ1) is 8.19. The Kier molecular flexibility index (Phi) is 5.94. The lowest BCUT2D eigenvalue weighted by atomic mass is 10.1. The van der Waals surface area contributed by atoms with Gasteiger partial charge >= 0.3 is 0 Å². The zero-order valence-electron chi connectivity index (χ0n) is 10.5. The predicted molar refractivity (Wildman–Crippen MR) is 76.4 cm³/mol. The largest absolute Gasteiger partial charge is 0.398 e. The van der Waals surface area contributed by atoms with Crippen LogP contribution in [0.4, 0.5) is 5.69 Å². The standard InChI is InChI=1S/C13H20N2OS/c1-3-10-5-6-11(9-12(10)14)13(17)15-7-4-8-16-2/h5-6,9H,3-4,7-8,14H2,1-2H3,(H,15,17). The molecular weight excluding hydrogens is 232 g/mol. The molecule has 0 unspecified atom stereocenters. The summed E-state index contributed by atoms with van der Waals surface area (Å²) in [5.41, 5.74) is 8.89. The van der Waals surface area contributed by atoms with Crippen LogP contribution in [-0.4, -0.2) is 25.2 Å². The average molecular weight is 252 g/mol. The molecule has 0 heterocycles. The monoisotopic (exact) mass is 252 g/mol. The molecule has 3 nitrogen and oxygen atoms in total. The van der Waals surface area contributed by atoms with Gasteiger partial charge in [-0.2, -0.15) is 0 Å². The van der Waals surface area contributed by atoms with Gasteiger partial charge in [0.05, 0.1) is 0 Å². The van der Waals surface area contributed by atoms with Crippen molar-refractivity contribution in [3.63, 3.8) is 0 Å². The summed E-state index contributed by atoms with van der Waals surface area (Å²) in [4.78, 5) is 0.746. The van der Waals surface area contributed by atoms with Gasteiger partial charge in [0.15, 0.2) is 0 Å². The summed E-state index contributed by atoms with van der Waals surface area (Å²) in [6.45, 7) is 3.65. The summed E-state index contributed by atoms with van der Waals surface area (Å²) in [5, 5.41) is 3.19. The molecule has 0 radical (unpaired) electrons. The normalized spacial score (nSPS) is 10.2. The molecule has 0 saturated carbocycles. The topological polar surface area (TPSA) is 47.3 Å². The number of aryl methyl sites for hydroxylation is 1. The van der Waals surface area contributed by atoms with Gasteiger partial charge in [-0.25, -0.2) is 0 Å². The third kappa shape index (κ3) is 4.32. The van der Waals surface area contributed by atoms with Crippen LogP contribution in [-0.2, 0) is 11.2 Å². The summed E-state index contributed by atoms with van der Waals surface area (Å²) in [6.07, 6.45) is 1.89. The second kappa shape index (κ2) is 7.25. The third-order valence-electron chi connectivity index (χ3n) is 2.60. The Labute approximate surface area is 108 Å². The molecule has 4 heteroatoms. The van der Waals surface area contributed by atoms with Crippen molar-refractivity contribution in [2.75, 3.05) is 26.0 Å². The molecule has 94 valence electrons. The van der Waals surface area contributed by atoms with E-state index in [1.54, 1.807) is 7.11 Å². The number of thiocarbonyl (C=S) groups is 1. The van der Waals surface area contributed by atoms with Crippen molar-refractivity contribution >= 4 is 22.9 Å². The van der Waals surface area contributed by atoms with Gasteiger partial charge in [0.25, 0.3) is 0 Å². The number of ether oxygens (including phenoxy) is 1. The lowest BCUT2D eigenvalue weighted by Crippen LogP contribution is -2.24. The van der Waals surface area contributed by atoms with Crippen LogP contribution in [0.3, 0.4) is 0 Å². The Hall–Kier alpha value is -1.13. The fourth-order valence-electron chi connectivity index (χ4n) is 1.58. The fraction of sp³-hybridized carbons (Fsp3) is 0.462. The van der Waals surface area contributed by atoms with E-state index in [-0.39, 0.29) is 0 Å². The Balaban J connectivity index is 2.54. The average Bonchev–Trinajstić information content (AvgIpc) is 2.34. The van der Waals surface area contributed by atoms with Crippen LogP contribution < -0.4 is 11.1 Å². The van der Waals surface area contributed by atoms with Gasteiger partial charge < -0.3 is 15.8 Å². The smallest absolute Gasteiger partial charge is 0.106 e. The van der Waals surface area contributed by atoms with E-state index in [1.807, 2.05) is 18.2 Å². The van der Waals surface area contributed by atoms with Crippen LogP contribution in [0.1, 0.15) is 24.5 Å². The zero-order chi connectivity index (χ0) is 12.7. The predicted octanol–water partition coefficient (Wildman–Crippen LogP) is 2.13. The van der Waals surface area contributed by atoms with Gasteiger partial charge in [0.2, 0.25) is 0 Å². The van der Waals surface area contributed by atoms with E-state index in [0.717, 1.165) is 47.8 Å². The minimum atomic E-state index is 0.743. The molecule has 0 saturated heterocycles. The van der Waals surface area contributed by atoms with Crippen LogP contribution in [0.15, 0.2) is 18.2 Å². The molecule has 0 atom stereocenters. The van der Waals surface area contributed by atoms with Gasteiger partial charge in [-0.3, -0.25) is 0 Å². The third-order valence-corrected chi connectivity index (χ3v) is 2.98. The molecule has 0 fully saturated rings. The van der Waals surface area contributed by atoms with Crippen molar-refractivity contribution in [3.8, 4) is 0 Å². The highest BCUT2D eigenvalue weighted by molar-refractivity contribution is 7.80. The number of rotatable bonds is 6. The molecular formula is C13H20N2OS. The molecule has 0 bridgehead atoms. The summed E-state index contributed by atoms with van der Waals surface area (Å²) in [6, 6.07) is 5.99. The van der Waals surface area contributed by atoms with E-state index < -0.39 is 0 Å². The van der Waals surface area contributed by atoms with Gasteiger partial charge in [0, 0.05) is 31.5 Å². The first-order valence-electron chi connectivity index (χ1n) is 5.84. The highest BCUT2D eigenvalue weighted by Crippen LogP contribution is 2.15. The molecule has 1 rings (SSSR count). The van der Waals surface area contributed by atoms with Crippen LogP contribution in [0.5, 0.6) is 0 Å². The molecule has 3 N–H and O–H groups in total. The zero-order valence-corrected chi connectivity index (χ0v) is 11.3. The van der Waals surface area contributed by atoms with Crippen molar-refractivity contribution in [1.82, 2.24) is 5.32 Å². The van der Waals surface area contributed by atoms with Crippen LogP contribution in [0.25, 0.3) is 0 Å². The minimum absolute atomic E-state index is 0.743. The number of hydrogen-bond donors (Lipinski definition) is 2. The number of methoxy groups -OCH3 is 1. The lowest BCUT2D eigenvalue weighted by molar-refractivity contribution is 0.196. The summed E-state index contributed by atoms with van der Waals surface area (Å²) >= 11 is 5.30. The molecule has 0 aliphatic rings. The highest BCUT2D eigenvalue weighted by atomic mass is 32.1. The maximum absolute atomic E-state index is 5.94. The molecule has 0 aromatic heterocycles. The molecule has 17 heavy (non-hydrogen) atoms. The minimum Gasteiger partial charge on any atom is -0.398 e. The summed E-state index contributed by atoms with van der Waals surface area (Å²) in [5.74, 6) is 0. The Morgan fingerprint density at radius 3 is 2.82 bits per heavy atom. The van der Waals surface area contributed by atoms with Crippen molar-refractivity contribution < 1.29 is 4.74 Å². The molecule has 1 aromatic rings. The van der Waals surface area contributed by atoms with Crippen molar-refractivity contribution in [2.45, 2.75) is 19.8 Å². The number of hydrogen-bond acceptors (Lipinski definition) is 3. The maximum atomic E-state index is 5.94. The Morgan fingerprint density at radius 2 is 2.24 bits per heavy atom. The molecule has 0 aliphatic carbocycles. The Morgan fingerprint density at radius 1 is 1.47 bits per heavy atom. The summed E-state index contributed by atoms with van der Waals surface area (Å²) < 4.78 is 4.98. The number of anilines is 1. The van der Waals surface area contributed by atoms with Crippen molar-refractivity contribution in [1.29, 1.82) is 0 Å². The van der Waals surface area contributed by atoms with Gasteiger partial charge in [0.1, 0.15) is 4.99 Å². The maximum Gasteiger partial charge on any atom is 0.106 e. The van der Waals surface area contributed by atoms with Gasteiger partial charge in [-0.15, -0.1) is 0 Å². The molecule has 0 amide bonds. The van der Waals surface area contributed by atoms with E-state index in [2.05, 4.69) is 12.2 Å². The van der Waals surface area contributed by atoms with Crippen LogP contribution in [0.2, 0.25) is 0 Å². The Bertz CT molecular complexity index is 380. The number of nitrogens with one attached hydrogen (secondary N) is 1. The van der Waals surface area contributed by atoms with Crippen molar-refractivity contribution in [2.24, 2.45) is 0 Å². The first kappa shape index (κ1) is 13.9. The lowest BCUT2D eigenvalue weighted by Gasteiger charge is -2.10. The van der Waals surface area contributed by atoms with Crippen molar-refractivity contribution in [3.05, 3.63) is 29.3 Å². The quantitative estimate of drug-likeness (QED) is 0.462. The highest BCUT2D eigenvalue weighted by Gasteiger charge is 2.03. The second-order valence-electron chi connectivity index (χ2n) is 3.87. The van der Waals surface area contributed by atoms with Gasteiger partial charge in [-0.1, -0.05) is 31.3 Å². The van der Waals surface area contributed by atoms with E-state index in [1.165, 1.54) is 0 Å². The van der Waals surface area contributed by atoms with E-state index in [0.29, 0.717) is 0 Å². The van der Waals surface area contributed by atoms with E-state index >= 15 is 0 Å². The van der Waals surface area contributed by atoms with Crippen LogP contribution in [0, 0.1) is 0 Å². The number of benzene rings is 1.